The zero-order valence-electron chi connectivity index (χ0n) is 12.4. The molecule has 0 bridgehead atoms. The van der Waals surface area contributed by atoms with Crippen LogP contribution in [0.2, 0.25) is 5.02 Å². The van der Waals surface area contributed by atoms with Crippen molar-refractivity contribution in [1.82, 2.24) is 14.3 Å². The van der Waals surface area contributed by atoms with Crippen molar-refractivity contribution in [2.24, 2.45) is 5.92 Å². The number of rotatable bonds is 5. The smallest absolute Gasteiger partial charge is 0.215 e. The molecule has 23 heavy (non-hydrogen) atoms. The molecule has 0 aliphatic carbocycles. The lowest BCUT2D eigenvalue weighted by Crippen LogP contribution is -2.34. The van der Waals surface area contributed by atoms with Crippen molar-refractivity contribution in [3.8, 4) is 0 Å². The summed E-state index contributed by atoms with van der Waals surface area (Å²) in [7, 11) is -3.61. The van der Waals surface area contributed by atoms with Crippen molar-refractivity contribution >= 4 is 21.6 Å². The lowest BCUT2D eigenvalue weighted by Gasteiger charge is -2.23. The van der Waals surface area contributed by atoms with Crippen LogP contribution in [-0.4, -0.2) is 24.5 Å². The third-order valence-electron chi connectivity index (χ3n) is 4.00. The second-order valence-corrected chi connectivity index (χ2v) is 7.98. The maximum Gasteiger partial charge on any atom is 0.215 e. The molecule has 1 aromatic heterocycles. The largest absolute Gasteiger partial charge is 0.335 e. The fourth-order valence-corrected chi connectivity index (χ4v) is 4.16. The molecule has 0 radical (unpaired) electrons. The molecule has 2 aromatic rings. The van der Waals surface area contributed by atoms with Gasteiger partial charge in [-0.15, -0.1) is 0 Å². The maximum atomic E-state index is 13.7. The highest BCUT2D eigenvalue weighted by atomic mass is 35.5. The summed E-state index contributed by atoms with van der Waals surface area (Å²) in [5, 5.41) is 0.315. The second-order valence-electron chi connectivity index (χ2n) is 5.74. The Morgan fingerprint density at radius 2 is 2.26 bits per heavy atom. The Kier molecular flexibility index (Phi) is 4.70. The highest BCUT2D eigenvalue weighted by Gasteiger charge is 2.22. The van der Waals surface area contributed by atoms with E-state index < -0.39 is 21.6 Å². The number of aromatic nitrogens is 2. The van der Waals surface area contributed by atoms with Gasteiger partial charge in [-0.2, -0.15) is 0 Å². The molecule has 3 rings (SSSR count). The van der Waals surface area contributed by atoms with Crippen LogP contribution < -0.4 is 4.72 Å². The van der Waals surface area contributed by atoms with Gasteiger partial charge in [-0.25, -0.2) is 22.5 Å². The minimum Gasteiger partial charge on any atom is -0.335 e. The molecule has 0 saturated heterocycles. The number of fused-ring (bicyclic) bond motifs is 1. The molecular weight excluding hydrogens is 341 g/mol. The van der Waals surface area contributed by atoms with E-state index in [4.69, 9.17) is 11.6 Å². The molecule has 1 aliphatic heterocycles. The number of imidazole rings is 1. The van der Waals surface area contributed by atoms with Crippen molar-refractivity contribution in [2.45, 2.75) is 25.1 Å². The maximum absolute atomic E-state index is 13.7. The van der Waals surface area contributed by atoms with Gasteiger partial charge in [0.15, 0.2) is 0 Å². The Morgan fingerprint density at radius 3 is 3.09 bits per heavy atom. The van der Waals surface area contributed by atoms with E-state index in [1.54, 1.807) is 6.20 Å². The van der Waals surface area contributed by atoms with E-state index in [0.29, 0.717) is 11.6 Å². The molecule has 5 nitrogen and oxygen atoms in total. The van der Waals surface area contributed by atoms with Gasteiger partial charge in [0.25, 0.3) is 0 Å². The van der Waals surface area contributed by atoms with Crippen LogP contribution in [0.25, 0.3) is 0 Å². The van der Waals surface area contributed by atoms with Crippen LogP contribution in [-0.2, 0) is 28.7 Å². The van der Waals surface area contributed by atoms with Crippen molar-refractivity contribution in [2.75, 3.05) is 6.54 Å². The summed E-state index contributed by atoms with van der Waals surface area (Å²) >= 11 is 5.79. The second kappa shape index (κ2) is 6.59. The zero-order valence-corrected chi connectivity index (χ0v) is 13.9. The van der Waals surface area contributed by atoms with Gasteiger partial charge < -0.3 is 4.57 Å². The van der Waals surface area contributed by atoms with E-state index >= 15 is 0 Å². The summed E-state index contributed by atoms with van der Waals surface area (Å²) in [6.45, 7) is 1.17. The lowest BCUT2D eigenvalue weighted by molar-refractivity contribution is 0.379. The summed E-state index contributed by atoms with van der Waals surface area (Å²) < 4.78 is 42.6. The molecule has 0 spiro atoms. The number of nitrogens with one attached hydrogen (secondary N) is 1. The highest BCUT2D eigenvalue weighted by molar-refractivity contribution is 7.88. The van der Waals surface area contributed by atoms with Gasteiger partial charge in [-0.3, -0.25) is 0 Å². The van der Waals surface area contributed by atoms with Gasteiger partial charge in [0.1, 0.15) is 11.6 Å². The van der Waals surface area contributed by atoms with Crippen LogP contribution >= 0.6 is 11.6 Å². The molecule has 2 heterocycles. The topological polar surface area (TPSA) is 64.0 Å². The molecule has 1 N–H and O–H groups in total. The number of halogens is 2. The summed E-state index contributed by atoms with van der Waals surface area (Å²) in [5.41, 5.74) is 0.0733. The van der Waals surface area contributed by atoms with E-state index in [-0.39, 0.29) is 11.5 Å². The SMILES string of the molecule is O=S(=O)(Cc1cc(Cl)ccc1F)NC[C@H]1CCn2ccnc2C1. The molecule has 1 aliphatic rings. The Hall–Kier alpha value is -1.44. The van der Waals surface area contributed by atoms with Crippen molar-refractivity contribution in [1.29, 1.82) is 0 Å². The number of aryl methyl sites for hydroxylation is 1. The summed E-state index contributed by atoms with van der Waals surface area (Å²) in [6, 6.07) is 3.91. The van der Waals surface area contributed by atoms with Gasteiger partial charge in [0.2, 0.25) is 10.0 Å². The normalized spacial score (nSPS) is 17.9. The van der Waals surface area contributed by atoms with E-state index in [2.05, 4.69) is 14.3 Å². The monoisotopic (exact) mass is 357 g/mol. The number of hydrogen-bond acceptors (Lipinski definition) is 3. The first-order chi connectivity index (χ1) is 10.9. The highest BCUT2D eigenvalue weighted by Crippen LogP contribution is 2.20. The molecular formula is C15H17ClFN3O2S. The predicted molar refractivity (Wildman–Crippen MR) is 86.1 cm³/mol. The number of hydrogen-bond donors (Lipinski definition) is 1. The van der Waals surface area contributed by atoms with Crippen LogP contribution in [0.5, 0.6) is 0 Å². The first-order valence-electron chi connectivity index (χ1n) is 7.34. The fourth-order valence-electron chi connectivity index (χ4n) is 2.74. The molecule has 8 heteroatoms. The Labute approximate surface area is 139 Å². The number of nitrogens with zero attached hydrogens (tertiary/aromatic N) is 2. The van der Waals surface area contributed by atoms with Gasteiger partial charge >= 0.3 is 0 Å². The van der Waals surface area contributed by atoms with Crippen molar-refractivity contribution in [3.63, 3.8) is 0 Å². The minimum atomic E-state index is -3.61. The summed E-state index contributed by atoms with van der Waals surface area (Å²) in [6.07, 6.45) is 5.31. The van der Waals surface area contributed by atoms with Crippen LogP contribution in [0.1, 0.15) is 17.8 Å². The van der Waals surface area contributed by atoms with E-state index in [9.17, 15) is 12.8 Å². The van der Waals surface area contributed by atoms with Gasteiger partial charge in [0, 0.05) is 42.5 Å². The first-order valence-corrected chi connectivity index (χ1v) is 9.37. The molecule has 1 atom stereocenters. The summed E-state index contributed by atoms with van der Waals surface area (Å²) in [5.74, 6) is 0.186. The molecule has 0 fully saturated rings. The van der Waals surface area contributed by atoms with Crippen molar-refractivity contribution in [3.05, 3.63) is 52.8 Å². The van der Waals surface area contributed by atoms with Gasteiger partial charge in [-0.05, 0) is 30.5 Å². The Bertz CT molecular complexity index is 807. The Balaban J connectivity index is 1.60. The molecule has 0 unspecified atom stereocenters. The van der Waals surface area contributed by atoms with E-state index in [1.165, 1.54) is 18.2 Å². The average molecular weight is 358 g/mol. The van der Waals surface area contributed by atoms with Crippen LogP contribution in [0, 0.1) is 11.7 Å². The van der Waals surface area contributed by atoms with Crippen LogP contribution in [0.15, 0.2) is 30.6 Å². The van der Waals surface area contributed by atoms with Gasteiger partial charge in [0.05, 0.1) is 5.75 Å². The van der Waals surface area contributed by atoms with Crippen LogP contribution in [0.3, 0.4) is 0 Å². The molecule has 124 valence electrons. The molecule has 1 aromatic carbocycles. The lowest BCUT2D eigenvalue weighted by atomic mass is 9.98. The zero-order chi connectivity index (χ0) is 16.4. The molecule has 0 saturated carbocycles. The predicted octanol–water partition coefficient (Wildman–Crippen LogP) is 2.36. The minimum absolute atomic E-state index is 0.0733. The number of benzene rings is 1. The molecule has 0 amide bonds. The van der Waals surface area contributed by atoms with Crippen LogP contribution in [0.4, 0.5) is 4.39 Å². The standard InChI is InChI=1S/C15H17ClFN3O2S/c16-13-1-2-14(17)12(8-13)10-23(21,22)19-9-11-3-5-20-6-4-18-15(20)7-11/h1-2,4,6,8,11,19H,3,5,7,9-10H2/t11-/m0/s1. The quantitative estimate of drug-likeness (QED) is 0.893. The third kappa shape index (κ3) is 4.10. The fraction of sp³-hybridized carbons (Fsp3) is 0.400. The van der Waals surface area contributed by atoms with Crippen molar-refractivity contribution < 1.29 is 12.8 Å². The average Bonchev–Trinajstić information content (AvgIpc) is 2.96. The van der Waals surface area contributed by atoms with E-state index in [1.807, 2.05) is 6.20 Å². The van der Waals surface area contributed by atoms with E-state index in [0.717, 1.165) is 25.2 Å². The number of sulfonamides is 1. The summed E-state index contributed by atoms with van der Waals surface area (Å²) in [4.78, 5) is 4.26. The third-order valence-corrected chi connectivity index (χ3v) is 5.53. The Morgan fingerprint density at radius 1 is 1.43 bits per heavy atom. The van der Waals surface area contributed by atoms with Gasteiger partial charge in [-0.1, -0.05) is 11.6 Å². The first kappa shape index (κ1) is 16.4.